The third kappa shape index (κ3) is 38.9. The summed E-state index contributed by atoms with van der Waals surface area (Å²) < 4.78 is 113. The van der Waals surface area contributed by atoms with E-state index in [-0.39, 0.29) is 17.1 Å². The number of hydrogen-bond acceptors (Lipinski definition) is 24. The Morgan fingerprint density at radius 3 is 1.15 bits per heavy atom. The van der Waals surface area contributed by atoms with Gasteiger partial charge in [-0.1, -0.05) is 406 Å². The zero-order valence-corrected chi connectivity index (χ0v) is 95.7. The van der Waals surface area contributed by atoms with Gasteiger partial charge in [0.15, 0.2) is 59.4 Å². The molecule has 2 saturated heterocycles. The highest BCUT2D eigenvalue weighted by Gasteiger charge is 2.72. The van der Waals surface area contributed by atoms with Crippen LogP contribution < -0.4 is 46.2 Å². The maximum Gasteiger partial charge on any atom is 0.367 e. The largest absolute Gasteiger partial charge is 0.497 e. The van der Waals surface area contributed by atoms with Crippen molar-refractivity contribution in [2.45, 2.75) is 467 Å². The van der Waals surface area contributed by atoms with Crippen LogP contribution in [0, 0.1) is 11.3 Å². The zero-order valence-electron chi connectivity index (χ0n) is 92.8. The first kappa shape index (κ1) is 125. The Hall–Kier alpha value is -8.03. The molecule has 148 heavy (non-hydrogen) atoms. The van der Waals surface area contributed by atoms with Gasteiger partial charge in [-0.15, -0.1) is 0 Å². The van der Waals surface area contributed by atoms with Crippen molar-refractivity contribution in [3.63, 3.8) is 0 Å². The van der Waals surface area contributed by atoms with E-state index in [1.54, 1.807) is 48.5 Å². The number of unbranched alkanes of at least 4 members (excludes halogenated alkanes) is 45. The Balaban J connectivity index is 1.16. The Bertz CT molecular complexity index is 5000. The molecule has 2 aliphatic rings. The summed E-state index contributed by atoms with van der Waals surface area (Å²) >= 11 is 0. The van der Waals surface area contributed by atoms with Gasteiger partial charge in [0.05, 0.1) is 71.9 Å². The number of nitrogens with zero attached hydrogens (tertiary/aromatic N) is 3. The lowest BCUT2D eigenvalue weighted by Crippen LogP contribution is -2.59. The zero-order chi connectivity index (χ0) is 107. The van der Waals surface area contributed by atoms with E-state index < -0.39 is 155 Å². The van der Waals surface area contributed by atoms with Gasteiger partial charge in [-0.05, 0) is 109 Å². The number of esters is 2. The molecule has 4 aromatic carbocycles. The average Bonchev–Trinajstić information content (AvgIpc) is 1.55. The molecule has 2 aromatic heterocycles. The van der Waals surface area contributed by atoms with Crippen molar-refractivity contribution in [1.82, 2.24) is 19.1 Å². The smallest absolute Gasteiger partial charge is 0.367 e. The molecule has 0 bridgehead atoms. The molecule has 830 valence electrons. The van der Waals surface area contributed by atoms with E-state index in [1.165, 1.54) is 258 Å². The molecule has 4 N–H and O–H groups in total. The highest BCUT2D eigenvalue weighted by molar-refractivity contribution is 7.55. The predicted molar refractivity (Wildman–Crippen MR) is 590 cm³/mol. The summed E-state index contributed by atoms with van der Waals surface area (Å²) in [6, 6.07) is 30.4. The molecule has 31 heteroatoms. The van der Waals surface area contributed by atoms with Gasteiger partial charge in [-0.25, -0.2) is 19.2 Å². The van der Waals surface area contributed by atoms with Crippen molar-refractivity contribution in [3.8, 4) is 34.8 Å². The number of nitrogens with one attached hydrogen (secondary N) is 2. The van der Waals surface area contributed by atoms with Crippen LogP contribution in [0.15, 0.2) is 135 Å². The van der Waals surface area contributed by atoms with E-state index in [0.29, 0.717) is 53.8 Å². The summed E-state index contributed by atoms with van der Waals surface area (Å²) in [6.45, 7) is 22.4. The molecule has 0 spiro atoms. The Morgan fingerprint density at radius 2 is 0.791 bits per heavy atom. The average molecular weight is 2120 g/mol. The van der Waals surface area contributed by atoms with E-state index in [0.717, 1.165) is 111 Å². The normalized spacial score (nSPS) is 18.6. The van der Waals surface area contributed by atoms with Crippen LogP contribution in [-0.4, -0.2) is 154 Å². The number of hydrogen-bond donors (Lipinski definition) is 4. The summed E-state index contributed by atoms with van der Waals surface area (Å²) in [4.78, 5) is 90.5. The highest BCUT2D eigenvalue weighted by atomic mass is 31.2. The number of aliphatic hydroxyl groups is 2. The Labute approximate surface area is 886 Å². The Kier molecular flexibility index (Phi) is 55.4. The summed E-state index contributed by atoms with van der Waals surface area (Å²) in [5.41, 5.74) is -3.95. The minimum Gasteiger partial charge on any atom is -0.497 e. The van der Waals surface area contributed by atoms with Crippen LogP contribution in [0.25, 0.3) is 0 Å². The van der Waals surface area contributed by atoms with Crippen LogP contribution in [0.2, 0.25) is 36.3 Å². The number of ether oxygens (including phenoxy) is 10. The monoisotopic (exact) mass is 2120 g/mol. The molecule has 0 radical (unpaired) electrons. The van der Waals surface area contributed by atoms with Gasteiger partial charge >= 0.3 is 30.9 Å². The lowest BCUT2D eigenvalue weighted by molar-refractivity contribution is -0.254. The molecule has 9 atom stereocenters. The number of nitriles is 1. The maximum absolute atomic E-state index is 17.8. The number of benzene rings is 4. The van der Waals surface area contributed by atoms with Gasteiger partial charge in [-0.2, -0.15) is 5.26 Å². The molecule has 0 amide bonds. The molecule has 1 unspecified atom stereocenters. The van der Waals surface area contributed by atoms with Crippen molar-refractivity contribution >= 4 is 36.2 Å². The number of H-pyrrole nitrogens is 2. The van der Waals surface area contributed by atoms with Gasteiger partial charge in [0.25, 0.3) is 16.9 Å². The summed E-state index contributed by atoms with van der Waals surface area (Å²) in [7, 11) is -9.65. The van der Waals surface area contributed by atoms with Gasteiger partial charge in [0, 0.05) is 24.5 Å². The summed E-state index contributed by atoms with van der Waals surface area (Å²) in [5, 5.41) is 34.7. The SMILES string of the molecule is CCCCCCCCCCCCCCCCCCOc1cc(C(=O)OCC(=O)O[C@@]2(O)[C@@H](COP(=O)(OCCC#N)[C@@]3(O)[C@@H](COC(c4ccccc4)(c4ccc(OC)cc4)c4ccc(OC)cc4)O[C@@H](n4ccc(=O)[nH]c4=O)[C@@H]3O[Si](C)(C)C(C)(C)C)O[C@@H](n3ccc(=O)[nH]c3=O)[C@@H]2O[Si](C)(C)C(C)(C)C)cc(OCCCCCCCCCCCCCCCCCC)c1OCCCCCCCCCCCCCCCCCC. The van der Waals surface area contributed by atoms with Crippen LogP contribution >= 0.6 is 7.60 Å². The fourth-order valence-electron chi connectivity index (χ4n) is 19.0. The Morgan fingerprint density at radius 1 is 0.446 bits per heavy atom. The summed E-state index contributed by atoms with van der Waals surface area (Å²) in [5.74, 6) is -3.80. The number of carbonyl (C=O) groups is 2. The third-order valence-corrected chi connectivity index (χ3v) is 41.5. The second-order valence-corrected chi connectivity index (χ2v) is 55.6. The predicted octanol–water partition coefficient (Wildman–Crippen LogP) is 27.5. The van der Waals surface area contributed by atoms with Crippen molar-refractivity contribution in [1.29, 1.82) is 5.26 Å². The molecule has 2 fully saturated rings. The van der Waals surface area contributed by atoms with Crippen molar-refractivity contribution in [2.24, 2.45) is 0 Å². The van der Waals surface area contributed by atoms with Gasteiger partial charge in [-0.3, -0.25) is 33.3 Å². The van der Waals surface area contributed by atoms with Gasteiger partial charge in [0.2, 0.25) is 11.1 Å². The quantitative estimate of drug-likeness (QED) is 0.00688. The molecule has 2 aliphatic heterocycles. The third-order valence-electron chi connectivity index (χ3n) is 30.1. The number of aromatic amines is 2. The number of aromatic nitrogens is 4. The molecule has 4 heterocycles. The minimum absolute atomic E-state index is 0.0576. The van der Waals surface area contributed by atoms with E-state index in [4.69, 9.17) is 65.3 Å². The molecular weight excluding hydrogens is 1930 g/mol. The van der Waals surface area contributed by atoms with Crippen LogP contribution in [0.4, 0.5) is 0 Å². The first-order chi connectivity index (χ1) is 71.1. The number of rotatable bonds is 79. The maximum atomic E-state index is 17.8. The van der Waals surface area contributed by atoms with E-state index >= 15 is 14.2 Å². The molecule has 0 aliphatic carbocycles. The molecular formula is C117H186N5O23PSi2. The van der Waals surface area contributed by atoms with E-state index in [1.807, 2.05) is 104 Å². The standard InChI is InChI=1S/C117H186N5O23PSi2/c1-16-19-22-25-28-31-34-37-40-43-46-49-52-55-58-64-83-134-98-87-92(88-99(135-84-65-59-56-53-50-47-44-41-38-35-32-29-26-23-20-17-2)105(98)136-85-66-60-57-54-51-48-45-42-39-36-33-30-27-24-21-18-3)110(126)137-91-104(125)143-116(129)100(141-108(121-81-78-102(123)119-111(121)127)106(116)144-147(12,13)113(4,5)6)90-140-146(131,139-86-67-80-118)117(130)101(142-109(122-82-79-103(124)120-112(122)128)107(117)145-148(14,15)114(7,8)9)89-138-115(93-68-62-61-63-69-93,94-70-74-96(132-10)75-71-94)95-72-76-97(133-11)77-73-95/h61-63,68-79,81-82,87-88,100-101,106-109,129-130H,16-60,64-67,83-86,89-91H2,1-15H3,(H,119,123,127)(H,120,124,128)/t100-,101-,106+,107+,108-,109-,116+,117+,146?/m1/s1. The van der Waals surface area contributed by atoms with Crippen molar-refractivity contribution < 1.29 is 89.6 Å². The fourth-order valence-corrected chi connectivity index (χ4v) is 23.8. The first-order valence-electron chi connectivity index (χ1n) is 56.6. The van der Waals surface area contributed by atoms with Gasteiger partial charge < -0.3 is 75.5 Å². The highest BCUT2D eigenvalue weighted by Crippen LogP contribution is 2.68. The lowest BCUT2D eigenvalue weighted by atomic mass is 9.80. The van der Waals surface area contributed by atoms with Crippen LogP contribution in [0.5, 0.6) is 28.7 Å². The van der Waals surface area contributed by atoms with E-state index in [9.17, 15) is 34.7 Å². The van der Waals surface area contributed by atoms with Crippen molar-refractivity contribution in [3.05, 3.63) is 179 Å². The molecule has 0 saturated carbocycles. The minimum atomic E-state index is -5.84. The van der Waals surface area contributed by atoms with Crippen LogP contribution in [0.3, 0.4) is 0 Å². The molecule has 28 nitrogen and oxygen atoms in total. The molecule has 8 rings (SSSR count). The van der Waals surface area contributed by atoms with Crippen molar-refractivity contribution in [2.75, 3.05) is 60.5 Å². The van der Waals surface area contributed by atoms with Gasteiger partial charge in [0.1, 0.15) is 29.3 Å². The topological polar surface area (TPSA) is 354 Å². The van der Waals surface area contributed by atoms with Crippen LogP contribution in [-0.2, 0) is 56.5 Å². The van der Waals surface area contributed by atoms with E-state index in [2.05, 4.69) is 30.7 Å². The summed E-state index contributed by atoms with van der Waals surface area (Å²) in [6.07, 6.45) is 47.7. The van der Waals surface area contributed by atoms with Crippen LogP contribution in [0.1, 0.15) is 416 Å². The number of carbonyl (C=O) groups excluding carboxylic acids is 2. The first-order valence-corrected chi connectivity index (χ1v) is 63.9. The second-order valence-electron chi connectivity index (χ2n) is 43.9. The lowest BCUT2D eigenvalue weighted by Gasteiger charge is -2.45. The second kappa shape index (κ2) is 65.5. The molecule has 6 aromatic rings. The number of methoxy groups -OCH3 is 2. The fraction of sp³-hybridized carbons (Fsp3) is 0.701.